The predicted molar refractivity (Wildman–Crippen MR) is 136 cm³/mol. The zero-order chi connectivity index (χ0) is 26.3. The number of benzene rings is 2. The van der Waals surface area contributed by atoms with Crippen LogP contribution in [-0.4, -0.2) is 73.5 Å². The highest BCUT2D eigenvalue weighted by atomic mass is 19.4. The molecule has 1 saturated heterocycles. The Morgan fingerprint density at radius 2 is 1.53 bits per heavy atom. The van der Waals surface area contributed by atoms with Crippen LogP contribution in [0.25, 0.3) is 0 Å². The van der Waals surface area contributed by atoms with Crippen LogP contribution in [0.4, 0.5) is 13.2 Å². The van der Waals surface area contributed by atoms with Crippen molar-refractivity contribution < 1.29 is 22.7 Å². The van der Waals surface area contributed by atoms with Crippen molar-refractivity contribution in [1.82, 2.24) is 14.7 Å². The molecule has 198 valence electrons. The molecule has 0 aromatic heterocycles. The molecule has 0 radical (unpaired) electrons. The fourth-order valence-electron chi connectivity index (χ4n) is 4.67. The molecule has 1 atom stereocenters. The lowest BCUT2D eigenvalue weighted by Crippen LogP contribution is -2.51. The number of carbonyl (C=O) groups excluding carboxylic acids is 1. The second-order valence-corrected chi connectivity index (χ2v) is 9.64. The first-order chi connectivity index (χ1) is 17.1. The van der Waals surface area contributed by atoms with Crippen molar-refractivity contribution in [3.63, 3.8) is 0 Å². The molecule has 0 bridgehead atoms. The Morgan fingerprint density at radius 3 is 2.03 bits per heavy atom. The maximum absolute atomic E-state index is 13.1. The number of hydrogen-bond donors (Lipinski definition) is 0. The molecule has 1 amide bonds. The van der Waals surface area contributed by atoms with E-state index >= 15 is 0 Å². The summed E-state index contributed by atoms with van der Waals surface area (Å²) in [6.07, 6.45) is -1.84. The Bertz CT molecular complexity index is 950. The van der Waals surface area contributed by atoms with Gasteiger partial charge < -0.3 is 14.5 Å². The minimum Gasteiger partial charge on any atom is -0.486 e. The third kappa shape index (κ3) is 7.46. The quantitative estimate of drug-likeness (QED) is 0.414. The molecule has 2 aromatic carbocycles. The number of piperazine rings is 1. The fraction of sp³-hybridized carbons (Fsp3) is 0.536. The summed E-state index contributed by atoms with van der Waals surface area (Å²) in [4.78, 5) is 19.5. The van der Waals surface area contributed by atoms with Crippen molar-refractivity contribution in [1.29, 1.82) is 0 Å². The summed E-state index contributed by atoms with van der Waals surface area (Å²) < 4.78 is 44.8. The van der Waals surface area contributed by atoms with Crippen molar-refractivity contribution >= 4 is 5.91 Å². The Hall–Kier alpha value is -2.58. The smallest absolute Gasteiger partial charge is 0.416 e. The standard InChI is InChI=1S/C28H38F3N3O2/c1-5-24(6-2)33-17-19-34(20-18-33)27(35)22-9-7-21(8-10-22)26(15-16-32(3)4)36-25-13-11-23(12-14-25)28(29,30)31/h7-14,24,26H,5-6,15-20H2,1-4H3. The minimum atomic E-state index is -4.38. The zero-order valence-electron chi connectivity index (χ0n) is 21.7. The Kier molecular flexibility index (Phi) is 9.79. The molecule has 0 spiro atoms. The van der Waals surface area contributed by atoms with Gasteiger partial charge in [-0.1, -0.05) is 26.0 Å². The van der Waals surface area contributed by atoms with Crippen LogP contribution in [0.15, 0.2) is 48.5 Å². The summed E-state index contributed by atoms with van der Waals surface area (Å²) in [5.74, 6) is 0.404. The van der Waals surface area contributed by atoms with Gasteiger partial charge in [0.15, 0.2) is 0 Å². The van der Waals surface area contributed by atoms with E-state index in [-0.39, 0.29) is 12.0 Å². The monoisotopic (exact) mass is 505 g/mol. The Balaban J connectivity index is 1.67. The van der Waals surface area contributed by atoms with Crippen molar-refractivity contribution in [2.75, 3.05) is 46.8 Å². The van der Waals surface area contributed by atoms with E-state index in [1.165, 1.54) is 12.1 Å². The average molecular weight is 506 g/mol. The molecular formula is C28H38F3N3O2. The SMILES string of the molecule is CCC(CC)N1CCN(C(=O)c2ccc(C(CCN(C)C)Oc3ccc(C(F)(F)F)cc3)cc2)CC1. The first-order valence-electron chi connectivity index (χ1n) is 12.7. The van der Waals surface area contributed by atoms with Gasteiger partial charge in [0.05, 0.1) is 5.56 Å². The Labute approximate surface area is 212 Å². The van der Waals surface area contributed by atoms with Crippen LogP contribution >= 0.6 is 0 Å². The van der Waals surface area contributed by atoms with Crippen molar-refractivity contribution in [2.24, 2.45) is 0 Å². The second kappa shape index (κ2) is 12.6. The van der Waals surface area contributed by atoms with Gasteiger partial charge in [0.25, 0.3) is 5.91 Å². The summed E-state index contributed by atoms with van der Waals surface area (Å²) in [6.45, 7) is 8.39. The molecule has 1 unspecified atom stereocenters. The molecule has 1 aliphatic rings. The molecule has 0 N–H and O–H groups in total. The van der Waals surface area contributed by atoms with E-state index in [9.17, 15) is 18.0 Å². The maximum atomic E-state index is 13.1. The van der Waals surface area contributed by atoms with Gasteiger partial charge in [0, 0.05) is 50.7 Å². The number of nitrogens with zero attached hydrogens (tertiary/aromatic N) is 3. The van der Waals surface area contributed by atoms with E-state index in [4.69, 9.17) is 4.74 Å². The van der Waals surface area contributed by atoms with Gasteiger partial charge >= 0.3 is 6.18 Å². The number of amides is 1. The molecule has 8 heteroatoms. The van der Waals surface area contributed by atoms with Crippen molar-refractivity contribution in [2.45, 2.75) is 51.4 Å². The van der Waals surface area contributed by atoms with Crippen LogP contribution in [-0.2, 0) is 6.18 Å². The van der Waals surface area contributed by atoms with Gasteiger partial charge in [-0.2, -0.15) is 13.2 Å². The van der Waals surface area contributed by atoms with Gasteiger partial charge in [-0.15, -0.1) is 0 Å². The van der Waals surface area contributed by atoms with Crippen LogP contribution in [0.5, 0.6) is 5.75 Å². The lowest BCUT2D eigenvalue weighted by molar-refractivity contribution is -0.137. The molecule has 1 fully saturated rings. The summed E-state index contributed by atoms with van der Waals surface area (Å²) in [5, 5.41) is 0. The minimum absolute atomic E-state index is 0.0271. The summed E-state index contributed by atoms with van der Waals surface area (Å²) in [5.41, 5.74) is 0.811. The fourth-order valence-corrected chi connectivity index (χ4v) is 4.67. The third-order valence-corrected chi connectivity index (χ3v) is 6.89. The van der Waals surface area contributed by atoms with Gasteiger partial charge in [-0.05, 0) is 68.9 Å². The molecule has 0 saturated carbocycles. The lowest BCUT2D eigenvalue weighted by Gasteiger charge is -2.38. The number of rotatable bonds is 10. The molecule has 36 heavy (non-hydrogen) atoms. The highest BCUT2D eigenvalue weighted by Gasteiger charge is 2.30. The maximum Gasteiger partial charge on any atom is 0.416 e. The number of carbonyl (C=O) groups is 1. The topological polar surface area (TPSA) is 36.0 Å². The van der Waals surface area contributed by atoms with Gasteiger partial charge in [-0.25, -0.2) is 0 Å². The zero-order valence-corrected chi connectivity index (χ0v) is 21.7. The first kappa shape index (κ1) is 28.0. The number of ether oxygens (including phenoxy) is 1. The molecular weight excluding hydrogens is 467 g/mol. The van der Waals surface area contributed by atoms with E-state index in [0.717, 1.165) is 63.3 Å². The van der Waals surface area contributed by atoms with Crippen molar-refractivity contribution in [3.05, 3.63) is 65.2 Å². The van der Waals surface area contributed by atoms with Crippen LogP contribution < -0.4 is 4.74 Å². The predicted octanol–water partition coefficient (Wildman–Crippen LogP) is 5.72. The summed E-state index contributed by atoms with van der Waals surface area (Å²) in [7, 11) is 3.92. The van der Waals surface area contributed by atoms with Crippen molar-refractivity contribution in [3.8, 4) is 5.75 Å². The molecule has 1 heterocycles. The number of hydrogen-bond acceptors (Lipinski definition) is 4. The van der Waals surface area contributed by atoms with Crippen LogP contribution in [0.1, 0.15) is 60.7 Å². The summed E-state index contributed by atoms with van der Waals surface area (Å²) in [6, 6.07) is 12.8. The van der Waals surface area contributed by atoms with Crippen LogP contribution in [0, 0.1) is 0 Å². The lowest BCUT2D eigenvalue weighted by atomic mass is 10.0. The van der Waals surface area contributed by atoms with Crippen LogP contribution in [0.2, 0.25) is 0 Å². The highest BCUT2D eigenvalue weighted by Crippen LogP contribution is 2.32. The Morgan fingerprint density at radius 1 is 0.944 bits per heavy atom. The van der Waals surface area contributed by atoms with Crippen LogP contribution in [0.3, 0.4) is 0 Å². The largest absolute Gasteiger partial charge is 0.486 e. The summed E-state index contributed by atoms with van der Waals surface area (Å²) >= 11 is 0. The van der Waals surface area contributed by atoms with E-state index in [1.807, 2.05) is 48.2 Å². The van der Waals surface area contributed by atoms with E-state index < -0.39 is 11.7 Å². The van der Waals surface area contributed by atoms with E-state index in [1.54, 1.807) is 0 Å². The van der Waals surface area contributed by atoms with Gasteiger partial charge in [0.1, 0.15) is 11.9 Å². The molecule has 2 aromatic rings. The molecule has 3 rings (SSSR count). The van der Waals surface area contributed by atoms with Gasteiger partial charge in [-0.3, -0.25) is 9.69 Å². The second-order valence-electron chi connectivity index (χ2n) is 9.64. The third-order valence-electron chi connectivity index (χ3n) is 6.89. The first-order valence-corrected chi connectivity index (χ1v) is 12.7. The highest BCUT2D eigenvalue weighted by molar-refractivity contribution is 5.94. The molecule has 0 aliphatic carbocycles. The van der Waals surface area contributed by atoms with E-state index in [2.05, 4.69) is 18.7 Å². The van der Waals surface area contributed by atoms with Gasteiger partial charge in [0.2, 0.25) is 0 Å². The molecule has 5 nitrogen and oxygen atoms in total. The number of alkyl halides is 3. The average Bonchev–Trinajstić information content (AvgIpc) is 2.87. The van der Waals surface area contributed by atoms with E-state index in [0.29, 0.717) is 23.8 Å². The number of halogens is 3. The normalized spacial score (nSPS) is 16.0. The molecule has 1 aliphatic heterocycles.